The lowest BCUT2D eigenvalue weighted by Crippen LogP contribution is -2.33. The highest BCUT2D eigenvalue weighted by Crippen LogP contribution is 2.48. The van der Waals surface area contributed by atoms with Gasteiger partial charge in [0.2, 0.25) is 5.91 Å². The fourth-order valence-electron chi connectivity index (χ4n) is 4.01. The average molecular weight is 296 g/mol. The molecule has 1 aromatic heterocycles. The quantitative estimate of drug-likeness (QED) is 0.941. The van der Waals surface area contributed by atoms with Crippen LogP contribution in [0.4, 0.5) is 0 Å². The van der Waals surface area contributed by atoms with Crippen LogP contribution in [0.1, 0.15) is 31.4 Å². The largest absolute Gasteiger partial charge is 0.356 e. The zero-order valence-corrected chi connectivity index (χ0v) is 12.5. The van der Waals surface area contributed by atoms with E-state index in [1.807, 2.05) is 36.4 Å². The van der Waals surface area contributed by atoms with E-state index in [1.165, 1.54) is 19.3 Å². The van der Waals surface area contributed by atoms with E-state index in [2.05, 4.69) is 10.5 Å². The van der Waals surface area contributed by atoms with Gasteiger partial charge in [-0.3, -0.25) is 4.79 Å². The molecular formula is C18H20N2O2. The van der Waals surface area contributed by atoms with Gasteiger partial charge in [-0.25, -0.2) is 0 Å². The van der Waals surface area contributed by atoms with Gasteiger partial charge in [-0.2, -0.15) is 0 Å². The van der Waals surface area contributed by atoms with Crippen LogP contribution in [0.25, 0.3) is 11.3 Å². The summed E-state index contributed by atoms with van der Waals surface area (Å²) < 4.78 is 5.36. The number of carbonyl (C=O) groups excluding carboxylic acids is 1. The van der Waals surface area contributed by atoms with E-state index in [-0.39, 0.29) is 11.8 Å². The maximum absolute atomic E-state index is 12.3. The van der Waals surface area contributed by atoms with Crippen molar-refractivity contribution in [1.82, 2.24) is 10.5 Å². The first-order chi connectivity index (χ1) is 10.8. The molecule has 4 rings (SSSR count). The molecule has 0 aliphatic heterocycles. The predicted octanol–water partition coefficient (Wildman–Crippen LogP) is 3.39. The second-order valence-corrected chi connectivity index (χ2v) is 6.55. The number of benzene rings is 1. The lowest BCUT2D eigenvalue weighted by atomic mass is 9.88. The Kier molecular flexibility index (Phi) is 3.45. The summed E-state index contributed by atoms with van der Waals surface area (Å²) in [6.07, 6.45) is 4.87. The minimum atomic E-state index is 0.191. The third kappa shape index (κ3) is 2.54. The molecule has 1 heterocycles. The average Bonchev–Trinajstić information content (AvgIpc) is 3.29. The molecule has 2 aromatic rings. The third-order valence-corrected chi connectivity index (χ3v) is 5.14. The molecule has 4 nitrogen and oxygen atoms in total. The normalized spacial score (nSPS) is 26.3. The Labute approximate surface area is 129 Å². The van der Waals surface area contributed by atoms with Crippen LogP contribution < -0.4 is 5.32 Å². The molecule has 2 aliphatic carbocycles. The summed E-state index contributed by atoms with van der Waals surface area (Å²) in [6, 6.07) is 11.8. The molecule has 2 fully saturated rings. The molecule has 0 radical (unpaired) electrons. The van der Waals surface area contributed by atoms with Gasteiger partial charge in [0.1, 0.15) is 5.69 Å². The van der Waals surface area contributed by atoms with E-state index in [0.29, 0.717) is 12.5 Å². The Morgan fingerprint density at radius 3 is 2.82 bits per heavy atom. The molecule has 22 heavy (non-hydrogen) atoms. The second kappa shape index (κ2) is 5.59. The van der Waals surface area contributed by atoms with Gasteiger partial charge in [-0.1, -0.05) is 41.9 Å². The smallest absolute Gasteiger partial charge is 0.223 e. The number of aromatic nitrogens is 1. The number of hydrogen-bond acceptors (Lipinski definition) is 3. The first kappa shape index (κ1) is 13.6. The number of amides is 1. The molecule has 1 aromatic carbocycles. The van der Waals surface area contributed by atoms with Gasteiger partial charge in [0.15, 0.2) is 5.76 Å². The van der Waals surface area contributed by atoms with Crippen LogP contribution in [0.15, 0.2) is 40.9 Å². The summed E-state index contributed by atoms with van der Waals surface area (Å²) >= 11 is 0. The predicted molar refractivity (Wildman–Crippen MR) is 82.7 cm³/mol. The van der Waals surface area contributed by atoms with Crippen molar-refractivity contribution < 1.29 is 9.32 Å². The van der Waals surface area contributed by atoms with E-state index in [0.717, 1.165) is 29.4 Å². The number of hydrogen-bond donors (Lipinski definition) is 1. The first-order valence-electron chi connectivity index (χ1n) is 8.08. The minimum Gasteiger partial charge on any atom is -0.356 e. The van der Waals surface area contributed by atoms with Crippen molar-refractivity contribution >= 4 is 5.91 Å². The van der Waals surface area contributed by atoms with Crippen LogP contribution in [-0.4, -0.2) is 11.1 Å². The van der Waals surface area contributed by atoms with E-state index in [1.54, 1.807) is 0 Å². The lowest BCUT2D eigenvalue weighted by Gasteiger charge is -2.20. The Balaban J connectivity index is 1.36. The highest BCUT2D eigenvalue weighted by molar-refractivity contribution is 5.79. The number of rotatable bonds is 4. The van der Waals surface area contributed by atoms with Gasteiger partial charge in [0.25, 0.3) is 0 Å². The SMILES string of the molecule is O=C(NCc1cc(-c2ccccc2)on1)C1CC2CCC1C2. The van der Waals surface area contributed by atoms with Crippen molar-refractivity contribution in [1.29, 1.82) is 0 Å². The molecule has 0 saturated heterocycles. The molecule has 2 aliphatic rings. The maximum Gasteiger partial charge on any atom is 0.223 e. The van der Waals surface area contributed by atoms with E-state index >= 15 is 0 Å². The van der Waals surface area contributed by atoms with E-state index in [4.69, 9.17) is 4.52 Å². The Morgan fingerprint density at radius 1 is 1.23 bits per heavy atom. The van der Waals surface area contributed by atoms with Crippen molar-refractivity contribution in [3.8, 4) is 11.3 Å². The number of carbonyl (C=O) groups is 1. The zero-order chi connectivity index (χ0) is 14.9. The molecule has 114 valence electrons. The first-order valence-corrected chi connectivity index (χ1v) is 8.08. The van der Waals surface area contributed by atoms with E-state index in [9.17, 15) is 4.79 Å². The second-order valence-electron chi connectivity index (χ2n) is 6.55. The fraction of sp³-hybridized carbons (Fsp3) is 0.444. The summed E-state index contributed by atoms with van der Waals surface area (Å²) in [6.45, 7) is 0.447. The lowest BCUT2D eigenvalue weighted by molar-refractivity contribution is -0.126. The monoisotopic (exact) mass is 296 g/mol. The highest BCUT2D eigenvalue weighted by atomic mass is 16.5. The van der Waals surface area contributed by atoms with Gasteiger partial charge in [-0.05, 0) is 31.1 Å². The summed E-state index contributed by atoms with van der Waals surface area (Å²) in [5.41, 5.74) is 1.77. The third-order valence-electron chi connectivity index (χ3n) is 5.14. The summed E-state index contributed by atoms with van der Waals surface area (Å²) in [5, 5.41) is 7.08. The molecule has 4 heteroatoms. The highest BCUT2D eigenvalue weighted by Gasteiger charge is 2.42. The van der Waals surface area contributed by atoms with Crippen LogP contribution in [0.2, 0.25) is 0 Å². The van der Waals surface area contributed by atoms with Crippen LogP contribution in [0, 0.1) is 17.8 Å². The molecule has 3 atom stereocenters. The van der Waals surface area contributed by atoms with Crippen molar-refractivity contribution in [2.45, 2.75) is 32.2 Å². The molecule has 3 unspecified atom stereocenters. The molecule has 0 spiro atoms. The fourth-order valence-corrected chi connectivity index (χ4v) is 4.01. The van der Waals surface area contributed by atoms with Gasteiger partial charge in [-0.15, -0.1) is 0 Å². The zero-order valence-electron chi connectivity index (χ0n) is 12.5. The van der Waals surface area contributed by atoms with Crippen molar-refractivity contribution in [3.05, 3.63) is 42.1 Å². The molecular weight excluding hydrogens is 276 g/mol. The molecule has 1 N–H and O–H groups in total. The number of fused-ring (bicyclic) bond motifs is 2. The van der Waals surface area contributed by atoms with Gasteiger partial charge >= 0.3 is 0 Å². The summed E-state index contributed by atoms with van der Waals surface area (Å²) in [5.74, 6) is 2.56. The molecule has 1 amide bonds. The van der Waals surface area contributed by atoms with Crippen LogP contribution in [0.3, 0.4) is 0 Å². The Morgan fingerprint density at radius 2 is 2.09 bits per heavy atom. The van der Waals surface area contributed by atoms with Gasteiger partial charge < -0.3 is 9.84 Å². The van der Waals surface area contributed by atoms with Crippen LogP contribution >= 0.6 is 0 Å². The van der Waals surface area contributed by atoms with Crippen LogP contribution in [0.5, 0.6) is 0 Å². The van der Waals surface area contributed by atoms with Crippen LogP contribution in [-0.2, 0) is 11.3 Å². The molecule has 2 saturated carbocycles. The Bertz CT molecular complexity index is 665. The van der Waals surface area contributed by atoms with Gasteiger partial charge in [0.05, 0.1) is 6.54 Å². The topological polar surface area (TPSA) is 55.1 Å². The maximum atomic E-state index is 12.3. The summed E-state index contributed by atoms with van der Waals surface area (Å²) in [7, 11) is 0. The van der Waals surface area contributed by atoms with Crippen molar-refractivity contribution in [2.75, 3.05) is 0 Å². The standard InChI is InChI=1S/C18H20N2O2/c21-18(16-9-12-6-7-14(16)8-12)19-11-15-10-17(22-20-15)13-4-2-1-3-5-13/h1-5,10,12,14,16H,6-9,11H2,(H,19,21). The minimum absolute atomic E-state index is 0.191. The summed E-state index contributed by atoms with van der Waals surface area (Å²) in [4.78, 5) is 12.3. The molecule has 2 bridgehead atoms. The van der Waals surface area contributed by atoms with Crippen molar-refractivity contribution in [3.63, 3.8) is 0 Å². The number of nitrogens with zero attached hydrogens (tertiary/aromatic N) is 1. The van der Waals surface area contributed by atoms with Gasteiger partial charge in [0, 0.05) is 17.5 Å². The van der Waals surface area contributed by atoms with Crippen molar-refractivity contribution in [2.24, 2.45) is 17.8 Å². The van der Waals surface area contributed by atoms with E-state index < -0.39 is 0 Å². The number of nitrogens with one attached hydrogen (secondary N) is 1. The Hall–Kier alpha value is -2.10.